The number of nitrogens with one attached hydrogen (secondary N) is 1. The molecular formula is C15H16F2N2O3S. The Hall–Kier alpha value is -2.06. The predicted molar refractivity (Wildman–Crippen MR) is 82.3 cm³/mol. The highest BCUT2D eigenvalue weighted by Crippen LogP contribution is 2.19. The van der Waals surface area contributed by atoms with Crippen LogP contribution in [0.2, 0.25) is 0 Å². The fourth-order valence-corrected chi connectivity index (χ4v) is 2.88. The van der Waals surface area contributed by atoms with Crippen LogP contribution >= 0.6 is 11.3 Å². The van der Waals surface area contributed by atoms with Gasteiger partial charge in [0.15, 0.2) is 0 Å². The summed E-state index contributed by atoms with van der Waals surface area (Å²) in [6.07, 6.45) is -1.45. The van der Waals surface area contributed by atoms with Gasteiger partial charge in [-0.1, -0.05) is 17.4 Å². The van der Waals surface area contributed by atoms with Crippen molar-refractivity contribution in [2.75, 3.05) is 6.54 Å². The molecule has 5 nitrogen and oxygen atoms in total. The Kier molecular flexibility index (Phi) is 5.62. The summed E-state index contributed by atoms with van der Waals surface area (Å²) in [7, 11) is 0. The molecule has 1 aromatic carbocycles. The lowest BCUT2D eigenvalue weighted by Crippen LogP contribution is -2.30. The van der Waals surface area contributed by atoms with Gasteiger partial charge in [-0.15, -0.1) is 0 Å². The highest BCUT2D eigenvalue weighted by atomic mass is 32.1. The zero-order chi connectivity index (χ0) is 17.0. The molecule has 0 spiro atoms. The number of hydrogen-bond acceptors (Lipinski definition) is 4. The standard InChI is InChI=1S/C15H16F2N2O3S/c1-9-8-23-15(22)19(9)6-5-13(21)18-7-12(20)14-10(16)3-2-4-11(14)17/h2-4,8,12,20H,5-7H2,1H3,(H,18,21). The third-order valence-electron chi connectivity index (χ3n) is 3.36. The van der Waals surface area contributed by atoms with Gasteiger partial charge in [0.1, 0.15) is 17.7 Å². The molecule has 1 heterocycles. The SMILES string of the molecule is Cc1csc(=O)n1CCC(=O)NCC(O)c1c(F)cccc1F. The number of amides is 1. The second-order valence-electron chi connectivity index (χ2n) is 5.00. The molecule has 2 N–H and O–H groups in total. The van der Waals surface area contributed by atoms with Gasteiger partial charge in [-0.25, -0.2) is 8.78 Å². The first-order chi connectivity index (χ1) is 10.9. The number of aliphatic hydroxyl groups excluding tert-OH is 1. The number of carbonyl (C=O) groups excluding carboxylic acids is 1. The number of thiazole rings is 1. The van der Waals surface area contributed by atoms with Crippen LogP contribution in [0.4, 0.5) is 8.78 Å². The Bertz CT molecular complexity index is 737. The van der Waals surface area contributed by atoms with Gasteiger partial charge in [-0.2, -0.15) is 0 Å². The quantitative estimate of drug-likeness (QED) is 0.840. The molecule has 1 aromatic heterocycles. The highest BCUT2D eigenvalue weighted by molar-refractivity contribution is 7.07. The Morgan fingerprint density at radius 3 is 2.61 bits per heavy atom. The maximum atomic E-state index is 13.5. The van der Waals surface area contributed by atoms with Crippen LogP contribution in [0.25, 0.3) is 0 Å². The zero-order valence-electron chi connectivity index (χ0n) is 12.4. The molecule has 0 bridgehead atoms. The number of nitrogens with zero attached hydrogens (tertiary/aromatic N) is 1. The van der Waals surface area contributed by atoms with E-state index in [2.05, 4.69) is 5.32 Å². The number of aromatic nitrogens is 1. The van der Waals surface area contributed by atoms with Gasteiger partial charge in [0.25, 0.3) is 0 Å². The Morgan fingerprint density at radius 1 is 1.39 bits per heavy atom. The number of carbonyl (C=O) groups is 1. The summed E-state index contributed by atoms with van der Waals surface area (Å²) < 4.78 is 28.5. The third-order valence-corrected chi connectivity index (χ3v) is 4.25. The van der Waals surface area contributed by atoms with Gasteiger partial charge in [0.05, 0.1) is 5.56 Å². The molecule has 2 rings (SSSR count). The lowest BCUT2D eigenvalue weighted by atomic mass is 10.1. The van der Waals surface area contributed by atoms with Crippen LogP contribution in [0.5, 0.6) is 0 Å². The molecule has 0 aliphatic rings. The van der Waals surface area contributed by atoms with Crippen molar-refractivity contribution in [3.8, 4) is 0 Å². The van der Waals surface area contributed by atoms with Gasteiger partial charge in [-0.05, 0) is 19.1 Å². The second kappa shape index (κ2) is 7.47. The van der Waals surface area contributed by atoms with Crippen LogP contribution in [0, 0.1) is 18.6 Å². The molecule has 23 heavy (non-hydrogen) atoms. The first-order valence-corrected chi connectivity index (χ1v) is 7.81. The van der Waals surface area contributed by atoms with E-state index in [0.29, 0.717) is 0 Å². The number of hydrogen-bond donors (Lipinski definition) is 2. The van der Waals surface area contributed by atoms with Crippen molar-refractivity contribution in [3.05, 3.63) is 56.1 Å². The Morgan fingerprint density at radius 2 is 2.04 bits per heavy atom. The van der Waals surface area contributed by atoms with E-state index in [9.17, 15) is 23.5 Å². The minimum atomic E-state index is -1.48. The molecule has 2 aromatic rings. The number of aryl methyl sites for hydroxylation is 1. The maximum absolute atomic E-state index is 13.5. The summed E-state index contributed by atoms with van der Waals surface area (Å²) in [5, 5.41) is 13.9. The molecule has 0 aliphatic heterocycles. The van der Waals surface area contributed by atoms with Crippen LogP contribution in [0.3, 0.4) is 0 Å². The summed E-state index contributed by atoms with van der Waals surface area (Å²) >= 11 is 1.05. The monoisotopic (exact) mass is 342 g/mol. The summed E-state index contributed by atoms with van der Waals surface area (Å²) in [4.78, 5) is 23.1. The highest BCUT2D eigenvalue weighted by Gasteiger charge is 2.18. The average molecular weight is 342 g/mol. The number of aliphatic hydroxyl groups is 1. The van der Waals surface area contributed by atoms with E-state index in [0.717, 1.165) is 29.2 Å². The number of rotatable bonds is 6. The normalized spacial score (nSPS) is 12.2. The topological polar surface area (TPSA) is 71.3 Å². The first kappa shape index (κ1) is 17.3. The minimum Gasteiger partial charge on any atom is -0.386 e. The van der Waals surface area contributed by atoms with Crippen molar-refractivity contribution in [3.63, 3.8) is 0 Å². The van der Waals surface area contributed by atoms with E-state index in [4.69, 9.17) is 0 Å². The van der Waals surface area contributed by atoms with Crippen molar-refractivity contribution in [2.45, 2.75) is 26.0 Å². The molecule has 1 atom stereocenters. The lowest BCUT2D eigenvalue weighted by Gasteiger charge is -2.14. The van der Waals surface area contributed by atoms with Crippen molar-refractivity contribution in [2.24, 2.45) is 0 Å². The summed E-state index contributed by atoms with van der Waals surface area (Å²) in [5.41, 5.74) is 0.291. The van der Waals surface area contributed by atoms with E-state index < -0.39 is 29.2 Å². The molecule has 1 amide bonds. The molecule has 0 fully saturated rings. The summed E-state index contributed by atoms with van der Waals surface area (Å²) in [5.74, 6) is -2.15. The van der Waals surface area contributed by atoms with E-state index in [1.54, 1.807) is 12.3 Å². The van der Waals surface area contributed by atoms with E-state index in [1.165, 1.54) is 10.6 Å². The van der Waals surface area contributed by atoms with Crippen LogP contribution in [0.1, 0.15) is 23.8 Å². The van der Waals surface area contributed by atoms with Crippen molar-refractivity contribution in [1.82, 2.24) is 9.88 Å². The molecular weight excluding hydrogens is 326 g/mol. The van der Waals surface area contributed by atoms with Gasteiger partial charge in [0, 0.05) is 30.6 Å². The van der Waals surface area contributed by atoms with E-state index in [1.807, 2.05) is 0 Å². The van der Waals surface area contributed by atoms with Crippen LogP contribution < -0.4 is 10.2 Å². The number of halogens is 2. The van der Waals surface area contributed by atoms with Gasteiger partial charge >= 0.3 is 4.87 Å². The van der Waals surface area contributed by atoms with Gasteiger partial charge in [0.2, 0.25) is 5.91 Å². The van der Waals surface area contributed by atoms with Gasteiger partial charge in [-0.3, -0.25) is 9.59 Å². The Balaban J connectivity index is 1.88. The average Bonchev–Trinajstić information content (AvgIpc) is 2.81. The van der Waals surface area contributed by atoms with Crippen LogP contribution in [-0.4, -0.2) is 22.1 Å². The largest absolute Gasteiger partial charge is 0.386 e. The fourth-order valence-electron chi connectivity index (χ4n) is 2.12. The zero-order valence-corrected chi connectivity index (χ0v) is 13.2. The third kappa shape index (κ3) is 4.23. The summed E-state index contributed by atoms with van der Waals surface area (Å²) in [6, 6.07) is 3.27. The fraction of sp³-hybridized carbons (Fsp3) is 0.333. The molecule has 0 saturated heterocycles. The number of benzene rings is 1. The molecule has 0 aliphatic carbocycles. The maximum Gasteiger partial charge on any atom is 0.307 e. The van der Waals surface area contributed by atoms with Crippen LogP contribution in [-0.2, 0) is 11.3 Å². The van der Waals surface area contributed by atoms with Crippen LogP contribution in [0.15, 0.2) is 28.4 Å². The van der Waals surface area contributed by atoms with Gasteiger partial charge < -0.3 is 15.0 Å². The van der Waals surface area contributed by atoms with E-state index in [-0.39, 0.29) is 24.4 Å². The molecule has 1 unspecified atom stereocenters. The first-order valence-electron chi connectivity index (χ1n) is 6.93. The molecule has 0 saturated carbocycles. The molecule has 124 valence electrons. The minimum absolute atomic E-state index is 0.0317. The smallest absolute Gasteiger partial charge is 0.307 e. The molecule has 0 radical (unpaired) electrons. The van der Waals surface area contributed by atoms with Crippen molar-refractivity contribution < 1.29 is 18.7 Å². The molecule has 8 heteroatoms. The Labute approximate surface area is 135 Å². The van der Waals surface area contributed by atoms with Crippen molar-refractivity contribution >= 4 is 17.2 Å². The lowest BCUT2D eigenvalue weighted by molar-refractivity contribution is -0.121. The van der Waals surface area contributed by atoms with Crippen molar-refractivity contribution in [1.29, 1.82) is 0 Å². The van der Waals surface area contributed by atoms with E-state index >= 15 is 0 Å². The predicted octanol–water partition coefficient (Wildman–Crippen LogP) is 1.74. The summed E-state index contributed by atoms with van der Waals surface area (Å²) in [6.45, 7) is 1.67. The second-order valence-corrected chi connectivity index (χ2v) is 5.82.